The van der Waals surface area contributed by atoms with Gasteiger partial charge in [-0.3, -0.25) is 9.59 Å². The average molecular weight is 298 g/mol. The number of hydrogen-bond acceptors (Lipinski definition) is 3. The van der Waals surface area contributed by atoms with Crippen molar-refractivity contribution in [2.45, 2.75) is 25.7 Å². The largest absolute Gasteiger partial charge is 0.287 e. The van der Waals surface area contributed by atoms with Crippen molar-refractivity contribution in [3.8, 4) is 0 Å². The minimum atomic E-state index is -0.0445. The molecule has 2 aromatic rings. The number of carbonyl (C=O) groups is 2. The van der Waals surface area contributed by atoms with E-state index in [0.29, 0.717) is 25.7 Å². The highest BCUT2D eigenvalue weighted by Crippen LogP contribution is 2.14. The Bertz CT molecular complexity index is 525. The van der Waals surface area contributed by atoms with Crippen LogP contribution in [-0.4, -0.2) is 10.2 Å². The predicted octanol–water partition coefficient (Wildman–Crippen LogP) is 4.04. The first kappa shape index (κ1) is 15.5. The molecule has 2 rings (SSSR count). The zero-order chi connectivity index (χ0) is 14.9. The molecule has 3 heteroatoms. The molecule has 0 saturated heterocycles. The fraction of sp³-hybridized carbons (Fsp3) is 0.222. The number of aryl methyl sites for hydroxylation is 2. The Morgan fingerprint density at radius 3 is 1.43 bits per heavy atom. The lowest BCUT2D eigenvalue weighted by Crippen LogP contribution is -2.02. The van der Waals surface area contributed by atoms with Crippen LogP contribution < -0.4 is 0 Å². The van der Waals surface area contributed by atoms with E-state index in [1.54, 1.807) is 0 Å². The molecule has 0 aromatic heterocycles. The van der Waals surface area contributed by atoms with Crippen molar-refractivity contribution in [2.24, 2.45) is 0 Å². The van der Waals surface area contributed by atoms with Crippen molar-refractivity contribution in [3.63, 3.8) is 0 Å². The van der Waals surface area contributed by atoms with Crippen LogP contribution in [-0.2, 0) is 22.4 Å². The molecule has 0 unspecified atom stereocenters. The van der Waals surface area contributed by atoms with E-state index in [9.17, 15) is 9.59 Å². The molecule has 2 nitrogen and oxygen atoms in total. The number of rotatable bonds is 6. The lowest BCUT2D eigenvalue weighted by molar-refractivity contribution is -0.113. The second-order valence-corrected chi connectivity index (χ2v) is 5.93. The van der Waals surface area contributed by atoms with Crippen LogP contribution in [0.2, 0.25) is 0 Å². The summed E-state index contributed by atoms with van der Waals surface area (Å²) in [6.07, 6.45) is 2.20. The summed E-state index contributed by atoms with van der Waals surface area (Å²) in [6, 6.07) is 19.7. The van der Waals surface area contributed by atoms with Gasteiger partial charge in [-0.1, -0.05) is 60.7 Å². The van der Waals surface area contributed by atoms with E-state index in [4.69, 9.17) is 0 Å². The summed E-state index contributed by atoms with van der Waals surface area (Å²) in [5.74, 6) is 0. The molecule has 0 N–H and O–H groups in total. The van der Waals surface area contributed by atoms with Crippen LogP contribution in [0.4, 0.5) is 0 Å². The van der Waals surface area contributed by atoms with Gasteiger partial charge in [0.1, 0.15) is 0 Å². The summed E-state index contributed by atoms with van der Waals surface area (Å²) in [5.41, 5.74) is 2.26. The van der Waals surface area contributed by atoms with Crippen molar-refractivity contribution >= 4 is 22.0 Å². The van der Waals surface area contributed by atoms with Gasteiger partial charge in [0.15, 0.2) is 10.2 Å². The van der Waals surface area contributed by atoms with Gasteiger partial charge in [-0.05, 0) is 35.7 Å². The quantitative estimate of drug-likeness (QED) is 0.807. The highest BCUT2D eigenvalue weighted by molar-refractivity contribution is 8.26. The predicted molar refractivity (Wildman–Crippen MR) is 87.1 cm³/mol. The molecule has 21 heavy (non-hydrogen) atoms. The molecular formula is C18H18O2S. The third kappa shape index (κ3) is 5.96. The topological polar surface area (TPSA) is 34.1 Å². The van der Waals surface area contributed by atoms with Crippen LogP contribution >= 0.6 is 11.8 Å². The first-order valence-electron chi connectivity index (χ1n) is 7.05. The summed E-state index contributed by atoms with van der Waals surface area (Å²) in [7, 11) is 0. The Hall–Kier alpha value is -1.87. The number of thioether (sulfide) groups is 1. The Balaban J connectivity index is 1.69. The minimum Gasteiger partial charge on any atom is -0.287 e. The molecule has 0 heterocycles. The maximum absolute atomic E-state index is 11.8. The number of benzene rings is 2. The Morgan fingerprint density at radius 2 is 1.05 bits per heavy atom. The molecule has 0 aliphatic heterocycles. The molecule has 2 aromatic carbocycles. The first-order valence-corrected chi connectivity index (χ1v) is 7.87. The Labute approximate surface area is 129 Å². The van der Waals surface area contributed by atoms with Gasteiger partial charge in [0, 0.05) is 12.8 Å². The summed E-state index contributed by atoms with van der Waals surface area (Å²) in [4.78, 5) is 23.6. The lowest BCUT2D eigenvalue weighted by Gasteiger charge is -2.02. The zero-order valence-electron chi connectivity index (χ0n) is 11.8. The Kier molecular flexibility index (Phi) is 6.22. The molecule has 0 amide bonds. The van der Waals surface area contributed by atoms with Crippen LogP contribution in [0.25, 0.3) is 0 Å². The molecule has 0 fully saturated rings. The summed E-state index contributed by atoms with van der Waals surface area (Å²) >= 11 is 0.860. The molecule has 0 aliphatic rings. The van der Waals surface area contributed by atoms with E-state index in [2.05, 4.69) is 0 Å². The van der Waals surface area contributed by atoms with E-state index >= 15 is 0 Å². The van der Waals surface area contributed by atoms with E-state index in [-0.39, 0.29) is 10.2 Å². The van der Waals surface area contributed by atoms with Crippen molar-refractivity contribution in [1.29, 1.82) is 0 Å². The standard InChI is InChI=1S/C18H18O2S/c19-17(13-11-15-7-3-1-4-8-15)21-18(20)14-12-16-9-5-2-6-10-16/h1-10H,11-14H2. The third-order valence-electron chi connectivity index (χ3n) is 3.15. The highest BCUT2D eigenvalue weighted by atomic mass is 32.2. The summed E-state index contributed by atoms with van der Waals surface area (Å²) in [6.45, 7) is 0. The van der Waals surface area contributed by atoms with Crippen molar-refractivity contribution in [1.82, 2.24) is 0 Å². The summed E-state index contributed by atoms with van der Waals surface area (Å²) < 4.78 is 0. The van der Waals surface area contributed by atoms with Gasteiger partial charge in [0.05, 0.1) is 0 Å². The molecule has 0 radical (unpaired) electrons. The number of carbonyl (C=O) groups excluding carboxylic acids is 2. The van der Waals surface area contributed by atoms with Crippen molar-refractivity contribution in [2.75, 3.05) is 0 Å². The van der Waals surface area contributed by atoms with Crippen LogP contribution in [0.15, 0.2) is 60.7 Å². The van der Waals surface area contributed by atoms with Crippen LogP contribution in [0, 0.1) is 0 Å². The first-order chi connectivity index (χ1) is 10.2. The van der Waals surface area contributed by atoms with Crippen molar-refractivity contribution in [3.05, 3.63) is 71.8 Å². The van der Waals surface area contributed by atoms with E-state index in [1.165, 1.54) is 0 Å². The van der Waals surface area contributed by atoms with Crippen LogP contribution in [0.3, 0.4) is 0 Å². The Morgan fingerprint density at radius 1 is 0.667 bits per heavy atom. The smallest absolute Gasteiger partial charge is 0.196 e. The molecule has 0 aliphatic carbocycles. The molecule has 108 valence electrons. The maximum atomic E-state index is 11.8. The van der Waals surface area contributed by atoms with E-state index in [1.807, 2.05) is 60.7 Å². The molecule has 0 bridgehead atoms. The molecule has 0 saturated carbocycles. The van der Waals surface area contributed by atoms with Crippen LogP contribution in [0.1, 0.15) is 24.0 Å². The summed E-state index contributed by atoms with van der Waals surface area (Å²) in [5, 5.41) is -0.0890. The SMILES string of the molecule is O=C(CCc1ccccc1)SC(=O)CCc1ccccc1. The van der Waals surface area contributed by atoms with Gasteiger partial charge in [-0.15, -0.1) is 0 Å². The molecular weight excluding hydrogens is 280 g/mol. The highest BCUT2D eigenvalue weighted by Gasteiger charge is 2.10. The van der Waals surface area contributed by atoms with Crippen LogP contribution in [0.5, 0.6) is 0 Å². The number of hydrogen-bond donors (Lipinski definition) is 0. The normalized spacial score (nSPS) is 10.3. The third-order valence-corrected chi connectivity index (χ3v) is 4.01. The van der Waals surface area contributed by atoms with Gasteiger partial charge in [0.25, 0.3) is 0 Å². The van der Waals surface area contributed by atoms with Gasteiger partial charge < -0.3 is 0 Å². The second-order valence-electron chi connectivity index (χ2n) is 4.82. The van der Waals surface area contributed by atoms with E-state index < -0.39 is 0 Å². The minimum absolute atomic E-state index is 0.0445. The lowest BCUT2D eigenvalue weighted by atomic mass is 10.1. The van der Waals surface area contributed by atoms with Gasteiger partial charge in [-0.2, -0.15) is 0 Å². The van der Waals surface area contributed by atoms with E-state index in [0.717, 1.165) is 22.9 Å². The van der Waals surface area contributed by atoms with Gasteiger partial charge >= 0.3 is 0 Å². The monoisotopic (exact) mass is 298 g/mol. The zero-order valence-corrected chi connectivity index (χ0v) is 12.6. The molecule has 0 atom stereocenters. The second kappa shape index (κ2) is 8.42. The van der Waals surface area contributed by atoms with Crippen molar-refractivity contribution < 1.29 is 9.59 Å². The van der Waals surface area contributed by atoms with Gasteiger partial charge in [-0.25, -0.2) is 0 Å². The average Bonchev–Trinajstić information content (AvgIpc) is 2.53. The maximum Gasteiger partial charge on any atom is 0.196 e. The fourth-order valence-electron chi connectivity index (χ4n) is 2.01. The fourth-order valence-corrected chi connectivity index (χ4v) is 2.67. The molecule has 0 spiro atoms. The van der Waals surface area contributed by atoms with Gasteiger partial charge in [0.2, 0.25) is 0 Å².